The van der Waals surface area contributed by atoms with Crippen LogP contribution in [0.5, 0.6) is 0 Å². The van der Waals surface area contributed by atoms with Gasteiger partial charge in [0.1, 0.15) is 11.9 Å². The molecule has 0 amide bonds. The number of unbranched alkanes of at least 4 members (excludes halogenated alkanes) is 7. The highest BCUT2D eigenvalue weighted by molar-refractivity contribution is 5.33. The van der Waals surface area contributed by atoms with E-state index in [9.17, 15) is 4.39 Å². The molecule has 2 aliphatic carbocycles. The van der Waals surface area contributed by atoms with E-state index in [1.165, 1.54) is 122 Å². The number of halogens is 1. The third-order valence-corrected chi connectivity index (χ3v) is 8.92. The van der Waals surface area contributed by atoms with Crippen LogP contribution in [-0.4, -0.2) is 0 Å². The number of rotatable bonds is 15. The molecule has 0 aliphatic heterocycles. The minimum atomic E-state index is -0.384. The van der Waals surface area contributed by atoms with Crippen molar-refractivity contribution in [3.8, 4) is 6.07 Å². The smallest absolute Gasteiger partial charge is 0.141 e. The highest BCUT2D eigenvalue weighted by Crippen LogP contribution is 2.37. The Hall–Kier alpha value is -1.62. The molecule has 1 unspecified atom stereocenters. The topological polar surface area (TPSA) is 23.8 Å². The molecule has 194 valence electrons. The van der Waals surface area contributed by atoms with Crippen LogP contribution in [0.15, 0.2) is 29.8 Å². The minimum Gasteiger partial charge on any atom is -0.206 e. The van der Waals surface area contributed by atoms with Crippen molar-refractivity contribution in [2.75, 3.05) is 0 Å². The van der Waals surface area contributed by atoms with Crippen LogP contribution in [0.25, 0.3) is 0 Å². The zero-order valence-electron chi connectivity index (χ0n) is 22.5. The predicted octanol–water partition coefficient (Wildman–Crippen LogP) is 10.5. The van der Waals surface area contributed by atoms with Crippen LogP contribution in [0.4, 0.5) is 4.39 Å². The molecule has 1 atom stereocenters. The molecule has 0 radical (unpaired) electrons. The summed E-state index contributed by atoms with van der Waals surface area (Å²) in [4.78, 5) is 0. The summed E-state index contributed by atoms with van der Waals surface area (Å²) in [6.45, 7) is 2.30. The Morgan fingerprint density at radius 1 is 0.800 bits per heavy atom. The highest BCUT2D eigenvalue weighted by atomic mass is 19.1. The van der Waals surface area contributed by atoms with Crippen molar-refractivity contribution in [1.29, 1.82) is 5.26 Å². The normalized spacial score (nSPS) is 22.5. The maximum atomic E-state index is 13.8. The Bertz CT molecular complexity index is 796. The molecule has 0 bridgehead atoms. The second-order valence-electron chi connectivity index (χ2n) is 11.7. The number of aryl methyl sites for hydroxylation is 1. The third-order valence-electron chi connectivity index (χ3n) is 8.92. The molecule has 2 aliphatic rings. The van der Waals surface area contributed by atoms with Gasteiger partial charge in [0.15, 0.2) is 0 Å². The van der Waals surface area contributed by atoms with Gasteiger partial charge in [0.05, 0.1) is 5.56 Å². The van der Waals surface area contributed by atoms with E-state index in [4.69, 9.17) is 5.26 Å². The van der Waals surface area contributed by atoms with Gasteiger partial charge in [-0.15, -0.1) is 0 Å². The van der Waals surface area contributed by atoms with Gasteiger partial charge < -0.3 is 0 Å². The fourth-order valence-electron chi connectivity index (χ4n) is 6.39. The van der Waals surface area contributed by atoms with Gasteiger partial charge in [0.2, 0.25) is 0 Å². The van der Waals surface area contributed by atoms with Gasteiger partial charge in [-0.05, 0) is 74.0 Å². The van der Waals surface area contributed by atoms with Crippen LogP contribution in [0, 0.1) is 34.9 Å². The average Bonchev–Trinajstić information content (AvgIpc) is 2.89. The largest absolute Gasteiger partial charge is 0.206 e. The number of nitriles is 1. The first-order chi connectivity index (χ1) is 17.2. The van der Waals surface area contributed by atoms with Crippen molar-refractivity contribution in [2.45, 2.75) is 135 Å². The number of hydrogen-bond donors (Lipinski definition) is 0. The summed E-state index contributed by atoms with van der Waals surface area (Å²) < 4.78 is 13.8. The van der Waals surface area contributed by atoms with Crippen molar-refractivity contribution >= 4 is 0 Å². The van der Waals surface area contributed by atoms with E-state index in [-0.39, 0.29) is 11.4 Å². The van der Waals surface area contributed by atoms with E-state index < -0.39 is 0 Å². The summed E-state index contributed by atoms with van der Waals surface area (Å²) in [7, 11) is 0. The lowest BCUT2D eigenvalue weighted by Crippen LogP contribution is -2.16. The molecule has 0 aromatic heterocycles. The molecule has 1 aromatic rings. The van der Waals surface area contributed by atoms with Gasteiger partial charge in [-0.1, -0.05) is 115 Å². The van der Waals surface area contributed by atoms with Crippen molar-refractivity contribution in [1.82, 2.24) is 0 Å². The Morgan fingerprint density at radius 3 is 2.09 bits per heavy atom. The first-order valence-electron chi connectivity index (χ1n) is 15.0. The van der Waals surface area contributed by atoms with Crippen molar-refractivity contribution < 1.29 is 4.39 Å². The van der Waals surface area contributed by atoms with E-state index in [0.29, 0.717) is 0 Å². The van der Waals surface area contributed by atoms with Gasteiger partial charge in [0, 0.05) is 0 Å². The summed E-state index contributed by atoms with van der Waals surface area (Å²) >= 11 is 0. The van der Waals surface area contributed by atoms with Crippen LogP contribution >= 0.6 is 0 Å². The van der Waals surface area contributed by atoms with Crippen molar-refractivity contribution in [3.05, 3.63) is 46.8 Å². The van der Waals surface area contributed by atoms with Crippen molar-refractivity contribution in [3.63, 3.8) is 0 Å². The second-order valence-corrected chi connectivity index (χ2v) is 11.7. The molecule has 1 fully saturated rings. The molecule has 2 heteroatoms. The molecule has 1 aromatic carbocycles. The van der Waals surface area contributed by atoms with Crippen molar-refractivity contribution in [2.24, 2.45) is 17.8 Å². The molecule has 1 saturated carbocycles. The van der Waals surface area contributed by atoms with E-state index in [1.54, 1.807) is 11.6 Å². The van der Waals surface area contributed by atoms with Gasteiger partial charge >= 0.3 is 0 Å². The molecule has 0 saturated heterocycles. The summed E-state index contributed by atoms with van der Waals surface area (Å²) in [5.74, 6) is 2.50. The van der Waals surface area contributed by atoms with Crippen LogP contribution in [0.2, 0.25) is 0 Å². The first-order valence-corrected chi connectivity index (χ1v) is 15.0. The van der Waals surface area contributed by atoms with E-state index in [0.717, 1.165) is 36.2 Å². The Labute approximate surface area is 215 Å². The number of nitrogens with zero attached hydrogens (tertiary/aromatic N) is 1. The Balaban J connectivity index is 1.22. The number of hydrogen-bond acceptors (Lipinski definition) is 1. The minimum absolute atomic E-state index is 0.144. The lowest BCUT2D eigenvalue weighted by atomic mass is 9.76. The molecular formula is C33H50FN. The fourth-order valence-corrected chi connectivity index (χ4v) is 6.39. The maximum absolute atomic E-state index is 13.8. The zero-order valence-corrected chi connectivity index (χ0v) is 22.5. The first kappa shape index (κ1) is 28.0. The molecule has 0 spiro atoms. The van der Waals surface area contributed by atoms with Gasteiger partial charge in [-0.3, -0.25) is 0 Å². The Kier molecular flexibility index (Phi) is 12.9. The van der Waals surface area contributed by atoms with Crippen LogP contribution in [0.3, 0.4) is 0 Å². The SMILES string of the molecule is CCCCCCCCCCC1CCC(CCC2CC=C(CCc3ccc(C#N)c(F)c3)CC2)CC1. The second kappa shape index (κ2) is 16.2. The van der Waals surface area contributed by atoms with Crippen LogP contribution in [-0.2, 0) is 6.42 Å². The monoisotopic (exact) mass is 479 g/mol. The molecule has 3 rings (SSSR count). The predicted molar refractivity (Wildman–Crippen MR) is 147 cm³/mol. The standard InChI is InChI=1S/C33H50FN/c1-2-3-4-5-6-7-8-9-10-27-11-13-28(14-12-27)15-16-29-17-19-30(20-18-29)21-22-31-23-24-32(26-35)33(34)25-31/h19,23-25,27-29H,2-18,20-22H2,1H3. The molecule has 1 nitrogen and oxygen atoms in total. The van der Waals surface area contributed by atoms with E-state index >= 15 is 0 Å². The molecule has 0 N–H and O–H groups in total. The molecular weight excluding hydrogens is 429 g/mol. The zero-order chi connectivity index (χ0) is 24.7. The van der Waals surface area contributed by atoms with Gasteiger partial charge in [-0.25, -0.2) is 4.39 Å². The Morgan fingerprint density at radius 2 is 1.46 bits per heavy atom. The lowest BCUT2D eigenvalue weighted by molar-refractivity contribution is 0.234. The number of allylic oxidation sites excluding steroid dienone is 2. The quantitative estimate of drug-likeness (QED) is 0.181. The number of benzene rings is 1. The average molecular weight is 480 g/mol. The molecule has 35 heavy (non-hydrogen) atoms. The van der Waals surface area contributed by atoms with Crippen LogP contribution in [0.1, 0.15) is 140 Å². The summed E-state index contributed by atoms with van der Waals surface area (Å²) in [5.41, 5.74) is 2.69. The van der Waals surface area contributed by atoms with Gasteiger partial charge in [0.25, 0.3) is 0 Å². The highest BCUT2D eigenvalue weighted by Gasteiger charge is 2.22. The lowest BCUT2D eigenvalue weighted by Gasteiger charge is -2.30. The third kappa shape index (κ3) is 10.5. The van der Waals surface area contributed by atoms with Gasteiger partial charge in [-0.2, -0.15) is 5.26 Å². The van der Waals surface area contributed by atoms with Crippen LogP contribution < -0.4 is 0 Å². The summed E-state index contributed by atoms with van der Waals surface area (Å²) in [6.07, 6.45) is 30.0. The summed E-state index contributed by atoms with van der Waals surface area (Å²) in [5, 5.41) is 8.88. The van der Waals surface area contributed by atoms with E-state index in [2.05, 4.69) is 13.0 Å². The summed E-state index contributed by atoms with van der Waals surface area (Å²) in [6, 6.07) is 6.95. The fraction of sp³-hybridized carbons (Fsp3) is 0.727. The van der Waals surface area contributed by atoms with E-state index in [1.807, 2.05) is 12.1 Å². The molecule has 0 heterocycles. The maximum Gasteiger partial charge on any atom is 0.141 e.